The van der Waals surface area contributed by atoms with Gasteiger partial charge >= 0.3 is 0 Å². The second-order valence-corrected chi connectivity index (χ2v) is 5.07. The van der Waals surface area contributed by atoms with E-state index in [9.17, 15) is 14.4 Å². The van der Waals surface area contributed by atoms with Crippen molar-refractivity contribution in [1.29, 1.82) is 0 Å². The molecule has 7 heteroatoms. The van der Waals surface area contributed by atoms with E-state index in [0.29, 0.717) is 35.4 Å². The van der Waals surface area contributed by atoms with Gasteiger partial charge in [-0.2, -0.15) is 0 Å². The number of carbonyl (C=O) groups excluding carboxylic acids is 2. The first-order valence-electron chi connectivity index (χ1n) is 6.96. The first-order chi connectivity index (χ1) is 10.4. The van der Waals surface area contributed by atoms with Crippen molar-refractivity contribution in [1.82, 2.24) is 14.9 Å². The van der Waals surface area contributed by atoms with Gasteiger partial charge in [0.05, 0.1) is 10.9 Å². The van der Waals surface area contributed by atoms with Gasteiger partial charge in [0.2, 0.25) is 11.8 Å². The number of amides is 2. The lowest BCUT2D eigenvalue weighted by Crippen LogP contribution is -2.29. The monoisotopic (exact) mass is 302 g/mol. The molecule has 0 atom stereocenters. The van der Waals surface area contributed by atoms with Crippen molar-refractivity contribution in [2.24, 2.45) is 0 Å². The van der Waals surface area contributed by atoms with Gasteiger partial charge in [0.15, 0.2) is 0 Å². The van der Waals surface area contributed by atoms with Crippen molar-refractivity contribution < 1.29 is 9.59 Å². The van der Waals surface area contributed by atoms with Gasteiger partial charge in [-0.05, 0) is 25.5 Å². The Labute approximate surface area is 127 Å². The van der Waals surface area contributed by atoms with Gasteiger partial charge in [0.1, 0.15) is 5.82 Å². The van der Waals surface area contributed by atoms with Gasteiger partial charge in [-0.1, -0.05) is 6.07 Å². The normalized spacial score (nSPS) is 10.6. The molecule has 0 unspecified atom stereocenters. The lowest BCUT2D eigenvalue weighted by atomic mass is 10.2. The van der Waals surface area contributed by atoms with E-state index in [1.54, 1.807) is 25.1 Å². The smallest absolute Gasteiger partial charge is 0.263 e. The predicted octanol–water partition coefficient (Wildman–Crippen LogP) is 0.730. The number of nitrogens with two attached hydrogens (primary N) is 1. The average Bonchev–Trinajstić information content (AvgIpc) is 2.41. The summed E-state index contributed by atoms with van der Waals surface area (Å²) in [7, 11) is 0. The molecule has 0 saturated carbocycles. The first-order valence-corrected chi connectivity index (χ1v) is 6.96. The molecule has 2 rings (SSSR count). The van der Waals surface area contributed by atoms with E-state index in [-0.39, 0.29) is 17.9 Å². The number of aromatic nitrogens is 2. The van der Waals surface area contributed by atoms with Gasteiger partial charge < -0.3 is 5.73 Å². The van der Waals surface area contributed by atoms with Crippen LogP contribution in [0.4, 0.5) is 5.69 Å². The maximum absolute atomic E-state index is 12.5. The molecule has 0 aliphatic rings. The highest BCUT2D eigenvalue weighted by Crippen LogP contribution is 2.15. The van der Waals surface area contributed by atoms with Crippen molar-refractivity contribution in [3.05, 3.63) is 34.4 Å². The van der Waals surface area contributed by atoms with E-state index in [4.69, 9.17) is 5.73 Å². The van der Waals surface area contributed by atoms with Crippen molar-refractivity contribution >= 4 is 28.4 Å². The van der Waals surface area contributed by atoms with Gasteiger partial charge in [0.25, 0.3) is 5.56 Å². The number of carbonyl (C=O) groups is 2. The van der Waals surface area contributed by atoms with Crippen LogP contribution in [0.15, 0.2) is 23.0 Å². The van der Waals surface area contributed by atoms with Crippen LogP contribution in [0.5, 0.6) is 0 Å². The molecule has 1 aromatic heterocycles. The van der Waals surface area contributed by atoms with Crippen molar-refractivity contribution in [2.75, 3.05) is 5.73 Å². The van der Waals surface area contributed by atoms with Gasteiger partial charge in [-0.25, -0.2) is 4.98 Å². The highest BCUT2D eigenvalue weighted by molar-refractivity contribution is 5.93. The zero-order valence-electron chi connectivity index (χ0n) is 12.5. The van der Waals surface area contributed by atoms with E-state index >= 15 is 0 Å². The first kappa shape index (κ1) is 15.7. The molecule has 0 aliphatic heterocycles. The van der Waals surface area contributed by atoms with Crippen LogP contribution in [0.3, 0.4) is 0 Å². The number of imide groups is 1. The number of hydrogen-bond donors (Lipinski definition) is 2. The molecule has 0 aliphatic carbocycles. The largest absolute Gasteiger partial charge is 0.398 e. The molecule has 22 heavy (non-hydrogen) atoms. The number of hydrogen-bond acceptors (Lipinski definition) is 5. The molecule has 0 fully saturated rings. The summed E-state index contributed by atoms with van der Waals surface area (Å²) in [6.45, 7) is 3.36. The molecule has 7 nitrogen and oxygen atoms in total. The van der Waals surface area contributed by atoms with Crippen LogP contribution in [0, 0.1) is 6.92 Å². The number of anilines is 1. The third-order valence-corrected chi connectivity index (χ3v) is 3.31. The minimum absolute atomic E-state index is 0.160. The number of nitrogens with one attached hydrogen (secondary N) is 1. The summed E-state index contributed by atoms with van der Waals surface area (Å²) in [6, 6.07) is 5.15. The van der Waals surface area contributed by atoms with Crippen LogP contribution in [0.25, 0.3) is 10.9 Å². The Bertz CT molecular complexity index is 795. The molecule has 0 saturated heterocycles. The van der Waals surface area contributed by atoms with Gasteiger partial charge in [-0.3, -0.25) is 24.3 Å². The topological polar surface area (TPSA) is 107 Å². The van der Waals surface area contributed by atoms with Gasteiger partial charge in [-0.15, -0.1) is 0 Å². The summed E-state index contributed by atoms with van der Waals surface area (Å²) >= 11 is 0. The number of aryl methyl sites for hydroxylation is 1. The third kappa shape index (κ3) is 3.30. The summed E-state index contributed by atoms with van der Waals surface area (Å²) in [4.78, 5) is 39.1. The minimum atomic E-state index is -0.390. The Kier molecular flexibility index (Phi) is 4.55. The molecule has 0 radical (unpaired) electrons. The fraction of sp³-hybridized carbons (Fsp3) is 0.333. The second-order valence-electron chi connectivity index (χ2n) is 5.07. The number of nitrogens with zero attached hydrogens (tertiary/aromatic N) is 2. The molecule has 3 N–H and O–H groups in total. The minimum Gasteiger partial charge on any atom is -0.398 e. The van der Waals surface area contributed by atoms with Crippen LogP contribution >= 0.6 is 0 Å². The number of rotatable bonds is 4. The molecule has 2 aromatic rings. The highest BCUT2D eigenvalue weighted by Gasteiger charge is 2.11. The fourth-order valence-corrected chi connectivity index (χ4v) is 2.32. The summed E-state index contributed by atoms with van der Waals surface area (Å²) < 4.78 is 1.50. The van der Waals surface area contributed by atoms with Crippen molar-refractivity contribution in [3.63, 3.8) is 0 Å². The van der Waals surface area contributed by atoms with Crippen LogP contribution in [0.1, 0.15) is 25.6 Å². The Morgan fingerprint density at radius 3 is 2.77 bits per heavy atom. The number of fused-ring (bicyclic) bond motifs is 1. The summed E-state index contributed by atoms with van der Waals surface area (Å²) in [5.41, 5.74) is 6.59. The Morgan fingerprint density at radius 2 is 2.09 bits per heavy atom. The average molecular weight is 302 g/mol. The lowest BCUT2D eigenvalue weighted by molar-refractivity contribution is -0.129. The molecule has 0 spiro atoms. The zero-order chi connectivity index (χ0) is 16.3. The molecule has 116 valence electrons. The number of benzene rings is 1. The number of nitrogen functional groups attached to an aromatic ring is 1. The standard InChI is InChI=1S/C15H18N4O3/c1-9-17-12-6-3-5-11(16)14(12)15(22)19(9)8-4-7-13(21)18-10(2)20/h3,5-6H,4,7-8,16H2,1-2H3,(H,18,20,21). The van der Waals surface area contributed by atoms with E-state index in [2.05, 4.69) is 10.3 Å². The molecular formula is C15H18N4O3. The lowest BCUT2D eigenvalue weighted by Gasteiger charge is -2.11. The van der Waals surface area contributed by atoms with E-state index in [1.165, 1.54) is 11.5 Å². The van der Waals surface area contributed by atoms with Crippen molar-refractivity contribution in [3.8, 4) is 0 Å². The Hall–Kier alpha value is -2.70. The predicted molar refractivity (Wildman–Crippen MR) is 83.2 cm³/mol. The quantitative estimate of drug-likeness (QED) is 0.810. The summed E-state index contributed by atoms with van der Waals surface area (Å²) in [5.74, 6) is -0.181. The highest BCUT2D eigenvalue weighted by atomic mass is 16.2. The van der Waals surface area contributed by atoms with Crippen LogP contribution in [-0.2, 0) is 16.1 Å². The summed E-state index contributed by atoms with van der Waals surface area (Å²) in [6.07, 6.45) is 0.591. The van der Waals surface area contributed by atoms with Crippen LogP contribution in [0.2, 0.25) is 0 Å². The maximum Gasteiger partial charge on any atom is 0.263 e. The second kappa shape index (κ2) is 6.38. The SMILES string of the molecule is CC(=O)NC(=O)CCCn1c(C)nc2cccc(N)c2c1=O. The fourth-order valence-electron chi connectivity index (χ4n) is 2.32. The maximum atomic E-state index is 12.5. The molecule has 1 heterocycles. The van der Waals surface area contributed by atoms with E-state index in [1.807, 2.05) is 0 Å². The van der Waals surface area contributed by atoms with E-state index < -0.39 is 5.91 Å². The van der Waals surface area contributed by atoms with Gasteiger partial charge in [0, 0.05) is 25.6 Å². The van der Waals surface area contributed by atoms with Crippen LogP contribution < -0.4 is 16.6 Å². The Morgan fingerprint density at radius 1 is 1.36 bits per heavy atom. The van der Waals surface area contributed by atoms with E-state index in [0.717, 1.165) is 0 Å². The zero-order valence-corrected chi connectivity index (χ0v) is 12.5. The van der Waals surface area contributed by atoms with Crippen molar-refractivity contribution in [2.45, 2.75) is 33.2 Å². The molecule has 1 aromatic carbocycles. The molecular weight excluding hydrogens is 284 g/mol. The third-order valence-electron chi connectivity index (χ3n) is 3.31. The molecule has 0 bridgehead atoms. The Balaban J connectivity index is 2.21. The summed E-state index contributed by atoms with van der Waals surface area (Å²) in [5, 5.41) is 2.59. The molecule has 2 amide bonds. The van der Waals surface area contributed by atoms with Crippen LogP contribution in [-0.4, -0.2) is 21.4 Å².